The molecule has 1 amide bonds. The van der Waals surface area contributed by atoms with Crippen molar-refractivity contribution in [3.8, 4) is 5.75 Å². The molecule has 14 heteroatoms. The molecule has 3 heterocycles. The number of methoxy groups -OCH3 is 1. The van der Waals surface area contributed by atoms with E-state index in [0.29, 0.717) is 23.3 Å². The summed E-state index contributed by atoms with van der Waals surface area (Å²) in [6, 6.07) is 4.42. The highest BCUT2D eigenvalue weighted by Crippen LogP contribution is 2.54. The number of phosphoric acid groups is 1. The van der Waals surface area contributed by atoms with Gasteiger partial charge in [-0.3, -0.25) is 28.2 Å². The number of hydrogen-bond acceptors (Lipinski definition) is 10. The summed E-state index contributed by atoms with van der Waals surface area (Å²) in [5.74, 6) is -0.483. The van der Waals surface area contributed by atoms with Crippen LogP contribution >= 0.6 is 7.82 Å². The van der Waals surface area contributed by atoms with Gasteiger partial charge in [0.1, 0.15) is 17.9 Å². The number of hydrogen-bond donors (Lipinski definition) is 2. The summed E-state index contributed by atoms with van der Waals surface area (Å²) in [6.07, 6.45) is 3.85. The van der Waals surface area contributed by atoms with Gasteiger partial charge in [0.15, 0.2) is 6.23 Å². The number of rotatable bonds is 9. The van der Waals surface area contributed by atoms with Gasteiger partial charge in [0.25, 0.3) is 5.56 Å². The lowest BCUT2D eigenvalue weighted by molar-refractivity contribution is -0.144. The smallest absolute Gasteiger partial charge is 0.467 e. The lowest BCUT2D eigenvalue weighted by Crippen LogP contribution is -2.39. The van der Waals surface area contributed by atoms with Crippen molar-refractivity contribution >= 4 is 19.7 Å². The third-order valence-electron chi connectivity index (χ3n) is 5.91. The first kappa shape index (κ1) is 27.5. The molecule has 0 saturated heterocycles. The lowest BCUT2D eigenvalue weighted by Gasteiger charge is -2.26. The van der Waals surface area contributed by atoms with E-state index in [1.54, 1.807) is 44.2 Å². The van der Waals surface area contributed by atoms with E-state index >= 15 is 0 Å². The second-order valence-electron chi connectivity index (χ2n) is 8.79. The van der Waals surface area contributed by atoms with Crippen LogP contribution in [0, 0.1) is 6.92 Å². The molecule has 2 aliphatic rings. The van der Waals surface area contributed by atoms with Crippen LogP contribution < -0.4 is 21.1 Å². The van der Waals surface area contributed by atoms with Gasteiger partial charge >= 0.3 is 19.5 Å². The number of nitrogens with zero attached hydrogens (tertiary/aromatic N) is 1. The summed E-state index contributed by atoms with van der Waals surface area (Å²) >= 11 is 0. The van der Waals surface area contributed by atoms with Gasteiger partial charge in [-0.15, -0.1) is 0 Å². The maximum Gasteiger partial charge on any atom is 0.530 e. The topological polar surface area (TPSA) is 164 Å². The highest BCUT2D eigenvalue weighted by atomic mass is 31.2. The Balaban J connectivity index is 1.28. The minimum absolute atomic E-state index is 0.0257. The Morgan fingerprint density at radius 3 is 2.84 bits per heavy atom. The van der Waals surface area contributed by atoms with E-state index in [1.807, 2.05) is 0 Å². The Hall–Kier alpha value is -3.51. The maximum atomic E-state index is 13.0. The molecule has 4 atom stereocenters. The quantitative estimate of drug-likeness (QED) is 0.267. The van der Waals surface area contributed by atoms with Crippen molar-refractivity contribution in [1.29, 1.82) is 0 Å². The van der Waals surface area contributed by atoms with Crippen LogP contribution in [-0.4, -0.2) is 47.3 Å². The highest BCUT2D eigenvalue weighted by Gasteiger charge is 2.36. The molecule has 0 radical (unpaired) electrons. The minimum Gasteiger partial charge on any atom is -0.467 e. The second-order valence-corrected chi connectivity index (χ2v) is 10.4. The van der Waals surface area contributed by atoms with Gasteiger partial charge in [0, 0.05) is 23.7 Å². The number of benzene rings is 1. The Morgan fingerprint density at radius 1 is 1.29 bits per heavy atom. The molecule has 1 unspecified atom stereocenters. The third-order valence-corrected chi connectivity index (χ3v) is 7.24. The second kappa shape index (κ2) is 11.5. The van der Waals surface area contributed by atoms with Crippen LogP contribution in [0.1, 0.15) is 36.3 Å². The van der Waals surface area contributed by atoms with Gasteiger partial charge in [-0.2, -0.15) is 0 Å². The SMILES string of the molecule is COC(=O)[C@H](C)NC(=O)CCc1ccc2c(c1)COP(=O)(OC[C@@H]1C=C[C@H](n3cc(C)c(=O)[nH]c3=O)O1)O2. The zero-order valence-electron chi connectivity index (χ0n) is 21.0. The summed E-state index contributed by atoms with van der Waals surface area (Å²) in [7, 11) is -2.67. The Bertz CT molecular complexity index is 1410. The Morgan fingerprint density at radius 2 is 2.08 bits per heavy atom. The molecule has 2 aliphatic heterocycles. The zero-order chi connectivity index (χ0) is 27.4. The number of H-pyrrole nitrogens is 1. The average molecular weight is 549 g/mol. The number of esters is 1. The van der Waals surface area contributed by atoms with E-state index in [1.165, 1.54) is 17.9 Å². The van der Waals surface area contributed by atoms with Crippen molar-refractivity contribution in [1.82, 2.24) is 14.9 Å². The van der Waals surface area contributed by atoms with Crippen molar-refractivity contribution in [2.75, 3.05) is 13.7 Å². The number of carbonyl (C=O) groups excluding carboxylic acids is 2. The fourth-order valence-corrected chi connectivity index (χ4v) is 5.06. The van der Waals surface area contributed by atoms with Crippen LogP contribution in [0.3, 0.4) is 0 Å². The number of fused-ring (bicyclic) bond motifs is 1. The molecule has 38 heavy (non-hydrogen) atoms. The summed E-state index contributed by atoms with van der Waals surface area (Å²) < 4.78 is 40.9. The number of ether oxygens (including phenoxy) is 2. The molecule has 1 aromatic carbocycles. The summed E-state index contributed by atoms with van der Waals surface area (Å²) in [4.78, 5) is 49.4. The lowest BCUT2D eigenvalue weighted by atomic mass is 10.1. The van der Waals surface area contributed by atoms with Gasteiger partial charge in [-0.05, 0) is 44.0 Å². The standard InChI is InChI=1S/C24H28N3O10P/c1-14-11-27(24(31)26-22(14)29)21-9-6-18(36-21)13-35-38(32)34-12-17-10-16(4-7-19(17)37-38)5-8-20(28)25-15(2)23(30)33-3/h4,6-7,9-11,15,18,21H,5,8,12-13H2,1-3H3,(H,25,28)(H,26,29,31)/t15-,18-,21+,38?/m0/s1. The molecule has 0 aliphatic carbocycles. The molecule has 13 nitrogen and oxygen atoms in total. The number of phosphoric ester groups is 1. The molecule has 1 aromatic heterocycles. The van der Waals surface area contributed by atoms with Crippen molar-refractivity contribution in [2.24, 2.45) is 0 Å². The van der Waals surface area contributed by atoms with Crippen LogP contribution in [0.2, 0.25) is 0 Å². The Labute approximate surface area is 217 Å². The summed E-state index contributed by atoms with van der Waals surface area (Å²) in [6.45, 7) is 2.93. The van der Waals surface area contributed by atoms with E-state index in [2.05, 4.69) is 15.0 Å². The summed E-state index contributed by atoms with van der Waals surface area (Å²) in [5.41, 5.74) is 0.744. The van der Waals surface area contributed by atoms with Crippen LogP contribution in [0.25, 0.3) is 0 Å². The Kier molecular flexibility index (Phi) is 8.32. The van der Waals surface area contributed by atoms with E-state index in [9.17, 15) is 23.7 Å². The van der Waals surface area contributed by atoms with Crippen LogP contribution in [-0.2, 0) is 45.7 Å². The predicted molar refractivity (Wildman–Crippen MR) is 132 cm³/mol. The number of aryl methyl sites for hydroxylation is 2. The van der Waals surface area contributed by atoms with Crippen molar-refractivity contribution in [3.63, 3.8) is 0 Å². The molecular weight excluding hydrogens is 521 g/mol. The molecule has 0 fully saturated rings. The van der Waals surface area contributed by atoms with Crippen molar-refractivity contribution in [3.05, 3.63) is 74.1 Å². The van der Waals surface area contributed by atoms with E-state index in [-0.39, 0.29) is 25.5 Å². The molecule has 4 rings (SSSR count). The van der Waals surface area contributed by atoms with E-state index < -0.39 is 43.4 Å². The molecule has 0 saturated carbocycles. The number of aromatic nitrogens is 2. The average Bonchev–Trinajstić information content (AvgIpc) is 3.36. The fourth-order valence-electron chi connectivity index (χ4n) is 3.84. The zero-order valence-corrected chi connectivity index (χ0v) is 21.9. The number of amides is 1. The van der Waals surface area contributed by atoms with Crippen LogP contribution in [0.4, 0.5) is 0 Å². The first-order valence-corrected chi connectivity index (χ1v) is 13.3. The number of carbonyl (C=O) groups is 2. The van der Waals surface area contributed by atoms with Crippen LogP contribution in [0.5, 0.6) is 5.75 Å². The molecule has 2 aromatic rings. The molecule has 0 bridgehead atoms. The normalized spacial score (nSPS) is 22.8. The number of aromatic amines is 1. The van der Waals surface area contributed by atoms with Gasteiger partial charge in [-0.25, -0.2) is 14.2 Å². The fraction of sp³-hybridized carbons (Fsp3) is 0.417. The van der Waals surface area contributed by atoms with Gasteiger partial charge in [0.05, 0.1) is 20.3 Å². The first-order chi connectivity index (χ1) is 18.1. The number of nitrogens with one attached hydrogen (secondary N) is 2. The van der Waals surface area contributed by atoms with E-state index in [4.69, 9.17) is 18.3 Å². The highest BCUT2D eigenvalue weighted by molar-refractivity contribution is 7.49. The predicted octanol–water partition coefficient (Wildman–Crippen LogP) is 1.64. The van der Waals surface area contributed by atoms with Gasteiger partial charge < -0.3 is 19.3 Å². The molecule has 2 N–H and O–H groups in total. The van der Waals surface area contributed by atoms with Gasteiger partial charge in [0.2, 0.25) is 5.91 Å². The molecule has 204 valence electrons. The third kappa shape index (κ3) is 6.48. The maximum absolute atomic E-state index is 13.0. The van der Waals surface area contributed by atoms with Crippen molar-refractivity contribution in [2.45, 2.75) is 51.7 Å². The summed E-state index contributed by atoms with van der Waals surface area (Å²) in [5, 5.41) is 2.57. The van der Waals surface area contributed by atoms with E-state index in [0.717, 1.165) is 5.56 Å². The monoisotopic (exact) mass is 549 g/mol. The first-order valence-electron chi connectivity index (χ1n) is 11.8. The van der Waals surface area contributed by atoms with Crippen LogP contribution in [0.15, 0.2) is 46.1 Å². The molecular formula is C24H28N3O10P. The minimum atomic E-state index is -3.93. The van der Waals surface area contributed by atoms with Crippen molar-refractivity contribution < 1.29 is 37.2 Å². The van der Waals surface area contributed by atoms with Gasteiger partial charge in [-0.1, -0.05) is 12.1 Å². The molecule has 0 spiro atoms. The largest absolute Gasteiger partial charge is 0.530 e.